The quantitative estimate of drug-likeness (QED) is 0.442. The van der Waals surface area contributed by atoms with Crippen LogP contribution in [-0.2, 0) is 27.5 Å². The molecule has 1 aromatic heterocycles. The lowest BCUT2D eigenvalue weighted by Crippen LogP contribution is -2.24. The Kier molecular flexibility index (Phi) is 6.20. The van der Waals surface area contributed by atoms with Gasteiger partial charge in [0, 0.05) is 27.5 Å². The van der Waals surface area contributed by atoms with Crippen LogP contribution in [-0.4, -0.2) is 30.9 Å². The molecule has 4 rings (SSSR count). The van der Waals surface area contributed by atoms with Crippen molar-refractivity contribution in [2.45, 2.75) is 32.4 Å². The molecule has 0 saturated heterocycles. The number of anilines is 1. The summed E-state index contributed by atoms with van der Waals surface area (Å²) < 4.78 is 28.5. The van der Waals surface area contributed by atoms with Crippen molar-refractivity contribution >= 4 is 50.5 Å². The van der Waals surface area contributed by atoms with Gasteiger partial charge in [0.1, 0.15) is 0 Å². The van der Waals surface area contributed by atoms with Gasteiger partial charge in [-0.05, 0) is 36.6 Å². The Bertz CT molecular complexity index is 1260. The second-order valence-electron chi connectivity index (χ2n) is 7.96. The number of carbonyl (C=O) groups is 1. The van der Waals surface area contributed by atoms with E-state index in [2.05, 4.69) is 4.98 Å². The van der Waals surface area contributed by atoms with Gasteiger partial charge in [0.25, 0.3) is 16.0 Å². The third-order valence-corrected chi connectivity index (χ3v) is 6.99. The van der Waals surface area contributed by atoms with Gasteiger partial charge in [-0.3, -0.25) is 14.0 Å². The summed E-state index contributed by atoms with van der Waals surface area (Å²) >= 11 is 13.0. The Morgan fingerprint density at radius 3 is 2.53 bits per heavy atom. The van der Waals surface area contributed by atoms with Gasteiger partial charge in [0.15, 0.2) is 0 Å². The lowest BCUT2D eigenvalue weighted by atomic mass is 9.87. The van der Waals surface area contributed by atoms with Gasteiger partial charge in [0.05, 0.1) is 36.0 Å². The van der Waals surface area contributed by atoms with Crippen LogP contribution >= 0.6 is 23.2 Å². The fourth-order valence-electron chi connectivity index (χ4n) is 3.98. The number of hydrogen-bond donors (Lipinski definition) is 0. The highest BCUT2D eigenvalue weighted by molar-refractivity contribution is 7.85. The van der Waals surface area contributed by atoms with E-state index in [0.717, 1.165) is 11.9 Å². The van der Waals surface area contributed by atoms with E-state index in [4.69, 9.17) is 27.4 Å². The summed E-state index contributed by atoms with van der Waals surface area (Å²) in [6, 6.07) is 9.32. The standard InChI is InChI=1S/C23H22Cl2N2O4S/c1-13-9-16(19(25)10-18(13)24)21-17(12-31-32(3,29)30)14(2)26-20-11-27(23(28)22(20)21)15-7-5-4-6-8-15/h4-10,13,18H,11-12H2,1-3H3. The smallest absolute Gasteiger partial charge is 0.264 e. The van der Waals surface area contributed by atoms with Gasteiger partial charge in [-0.2, -0.15) is 8.42 Å². The zero-order chi connectivity index (χ0) is 23.2. The number of para-hydroxylation sites is 1. The Balaban J connectivity index is 1.92. The molecular formula is C23H22Cl2N2O4S. The van der Waals surface area contributed by atoms with Crippen molar-refractivity contribution < 1.29 is 17.4 Å². The van der Waals surface area contributed by atoms with Gasteiger partial charge in [0.2, 0.25) is 0 Å². The molecule has 9 heteroatoms. The average Bonchev–Trinajstić information content (AvgIpc) is 3.05. The highest BCUT2D eigenvalue weighted by atomic mass is 35.5. The number of nitrogens with zero attached hydrogens (tertiary/aromatic N) is 2. The molecule has 2 aromatic rings. The minimum Gasteiger partial charge on any atom is -0.302 e. The van der Waals surface area contributed by atoms with Gasteiger partial charge in [-0.25, -0.2) is 0 Å². The largest absolute Gasteiger partial charge is 0.302 e. The fraction of sp³-hybridized carbons (Fsp3) is 0.304. The van der Waals surface area contributed by atoms with Gasteiger partial charge in [-0.15, -0.1) is 11.6 Å². The molecule has 2 aliphatic rings. The number of amides is 1. The number of benzene rings is 1. The molecule has 0 saturated carbocycles. The molecule has 2 unspecified atom stereocenters. The first-order chi connectivity index (χ1) is 15.1. The van der Waals surface area contributed by atoms with E-state index in [1.165, 1.54) is 0 Å². The summed E-state index contributed by atoms with van der Waals surface area (Å²) in [7, 11) is -3.71. The Labute approximate surface area is 197 Å². The number of hydrogen-bond acceptors (Lipinski definition) is 5. The van der Waals surface area contributed by atoms with Crippen molar-refractivity contribution in [3.8, 4) is 0 Å². The molecule has 2 atom stereocenters. The number of halogens is 2. The van der Waals surface area contributed by atoms with Crippen LogP contribution in [0.1, 0.15) is 39.8 Å². The van der Waals surface area contributed by atoms with E-state index in [9.17, 15) is 13.2 Å². The number of alkyl halides is 1. The lowest BCUT2D eigenvalue weighted by Gasteiger charge is -2.24. The Hall–Kier alpha value is -2.19. The highest BCUT2D eigenvalue weighted by Crippen LogP contribution is 2.42. The lowest BCUT2D eigenvalue weighted by molar-refractivity contribution is 0.0996. The molecule has 1 aliphatic carbocycles. The fourth-order valence-corrected chi connectivity index (χ4v) is 4.87. The number of allylic oxidation sites excluding steroid dienone is 4. The molecule has 2 heterocycles. The zero-order valence-electron chi connectivity index (χ0n) is 17.8. The number of pyridine rings is 1. The summed E-state index contributed by atoms with van der Waals surface area (Å²) in [6.07, 6.45) is 4.64. The van der Waals surface area contributed by atoms with Crippen LogP contribution < -0.4 is 4.90 Å². The molecule has 1 aromatic carbocycles. The van der Waals surface area contributed by atoms with E-state index in [1.54, 1.807) is 17.9 Å². The van der Waals surface area contributed by atoms with Crippen LogP contribution in [0.3, 0.4) is 0 Å². The maximum absolute atomic E-state index is 13.6. The van der Waals surface area contributed by atoms with E-state index >= 15 is 0 Å². The molecule has 168 valence electrons. The van der Waals surface area contributed by atoms with E-state index in [0.29, 0.717) is 45.2 Å². The van der Waals surface area contributed by atoms with Crippen LogP contribution in [0.15, 0.2) is 47.5 Å². The second kappa shape index (κ2) is 8.63. The van der Waals surface area contributed by atoms with Crippen molar-refractivity contribution in [3.63, 3.8) is 0 Å². The SMILES string of the molecule is Cc1nc2c(c(C3=CC(C)C(Cl)C=C3Cl)c1COS(C)(=O)=O)C(=O)N(c1ccccc1)C2. The van der Waals surface area contributed by atoms with E-state index < -0.39 is 10.1 Å². The highest BCUT2D eigenvalue weighted by Gasteiger charge is 2.37. The topological polar surface area (TPSA) is 76.6 Å². The van der Waals surface area contributed by atoms with Gasteiger partial charge < -0.3 is 4.90 Å². The average molecular weight is 493 g/mol. The minimum atomic E-state index is -3.71. The molecule has 1 aliphatic heterocycles. The predicted octanol–water partition coefficient (Wildman–Crippen LogP) is 4.79. The first kappa shape index (κ1) is 23.0. The summed E-state index contributed by atoms with van der Waals surface area (Å²) in [5.74, 6) is -0.260. The van der Waals surface area contributed by atoms with Crippen LogP contribution in [0.4, 0.5) is 5.69 Å². The molecular weight excluding hydrogens is 471 g/mol. The molecule has 6 nitrogen and oxygen atoms in total. The molecule has 0 fully saturated rings. The normalized spacial score (nSPS) is 20.8. The Morgan fingerprint density at radius 1 is 1.19 bits per heavy atom. The second-order valence-corrected chi connectivity index (χ2v) is 10.5. The molecule has 0 N–H and O–H groups in total. The zero-order valence-corrected chi connectivity index (χ0v) is 20.1. The van der Waals surface area contributed by atoms with Gasteiger partial charge >= 0.3 is 0 Å². The van der Waals surface area contributed by atoms with Crippen LogP contribution in [0, 0.1) is 12.8 Å². The first-order valence-electron chi connectivity index (χ1n) is 10.0. The molecule has 1 amide bonds. The summed E-state index contributed by atoms with van der Waals surface area (Å²) in [5.41, 5.74) is 4.04. The van der Waals surface area contributed by atoms with Crippen molar-refractivity contribution in [2.75, 3.05) is 11.2 Å². The van der Waals surface area contributed by atoms with Crippen molar-refractivity contribution in [1.29, 1.82) is 0 Å². The van der Waals surface area contributed by atoms with Gasteiger partial charge in [-0.1, -0.05) is 42.8 Å². The summed E-state index contributed by atoms with van der Waals surface area (Å²) in [6.45, 7) is 3.78. The van der Waals surface area contributed by atoms with E-state index in [-0.39, 0.29) is 23.8 Å². The number of fused-ring (bicyclic) bond motifs is 1. The number of rotatable bonds is 5. The maximum Gasteiger partial charge on any atom is 0.264 e. The Morgan fingerprint density at radius 2 is 1.88 bits per heavy atom. The molecule has 0 bridgehead atoms. The van der Waals surface area contributed by atoms with Crippen molar-refractivity contribution in [3.05, 3.63) is 75.6 Å². The van der Waals surface area contributed by atoms with E-state index in [1.807, 2.05) is 43.3 Å². The maximum atomic E-state index is 13.6. The monoisotopic (exact) mass is 492 g/mol. The predicted molar refractivity (Wildman–Crippen MR) is 126 cm³/mol. The summed E-state index contributed by atoms with van der Waals surface area (Å²) in [4.78, 5) is 19.9. The first-order valence-corrected chi connectivity index (χ1v) is 12.7. The number of aryl methyl sites for hydroxylation is 1. The third kappa shape index (κ3) is 4.35. The summed E-state index contributed by atoms with van der Waals surface area (Å²) in [5, 5.41) is 0.122. The van der Waals surface area contributed by atoms with Crippen LogP contribution in [0.25, 0.3) is 5.57 Å². The molecule has 0 radical (unpaired) electrons. The number of aromatic nitrogens is 1. The van der Waals surface area contributed by atoms with Crippen molar-refractivity contribution in [1.82, 2.24) is 4.98 Å². The molecule has 32 heavy (non-hydrogen) atoms. The third-order valence-electron chi connectivity index (χ3n) is 5.60. The van der Waals surface area contributed by atoms with Crippen molar-refractivity contribution in [2.24, 2.45) is 5.92 Å². The number of carbonyl (C=O) groups excluding carboxylic acids is 1. The van der Waals surface area contributed by atoms with Crippen LogP contribution in [0.2, 0.25) is 0 Å². The minimum absolute atomic E-state index is 0.0382. The van der Waals surface area contributed by atoms with Crippen LogP contribution in [0.5, 0.6) is 0 Å². The molecule has 0 spiro atoms.